The smallest absolute Gasteiger partial charge is 0.281 e. The summed E-state index contributed by atoms with van der Waals surface area (Å²) in [6.07, 6.45) is 0. The Kier molecular flexibility index (Phi) is 13.2. The zero-order chi connectivity index (χ0) is 35.6. The van der Waals surface area contributed by atoms with Crippen LogP contribution < -0.4 is 16.1 Å². The summed E-state index contributed by atoms with van der Waals surface area (Å²) in [5, 5.41) is 40.8. The van der Waals surface area contributed by atoms with Crippen molar-refractivity contribution in [2.45, 2.75) is 39.7 Å². The van der Waals surface area contributed by atoms with Gasteiger partial charge in [0.1, 0.15) is 5.75 Å². The van der Waals surface area contributed by atoms with Crippen LogP contribution in [0.3, 0.4) is 0 Å². The summed E-state index contributed by atoms with van der Waals surface area (Å²) in [5.74, 6) is -0.952. The maximum atomic E-state index is 12.8. The van der Waals surface area contributed by atoms with Gasteiger partial charge in [-0.3, -0.25) is 19.3 Å². The topological polar surface area (TPSA) is 164 Å². The van der Waals surface area contributed by atoms with E-state index in [0.29, 0.717) is 52.8 Å². The highest BCUT2D eigenvalue weighted by Gasteiger charge is 2.18. The molecule has 11 nitrogen and oxygen atoms in total. The second-order valence-corrected chi connectivity index (χ2v) is 14.3. The molecule has 0 spiro atoms. The number of hydrogen-bond acceptors (Lipinski definition) is 10. The van der Waals surface area contributed by atoms with Crippen LogP contribution >= 0.6 is 22.7 Å². The van der Waals surface area contributed by atoms with Gasteiger partial charge in [0.2, 0.25) is 0 Å². The minimum Gasteiger partial charge on any atom is -0.506 e. The van der Waals surface area contributed by atoms with Crippen molar-refractivity contribution in [3.05, 3.63) is 98.1 Å². The third kappa shape index (κ3) is 10.3. The number of amides is 3. The van der Waals surface area contributed by atoms with E-state index in [0.717, 1.165) is 27.3 Å². The summed E-state index contributed by atoms with van der Waals surface area (Å²) in [7, 11) is 0. The van der Waals surface area contributed by atoms with Gasteiger partial charge in [0.05, 0.1) is 39.1 Å². The highest BCUT2D eigenvalue weighted by atomic mass is 32.1. The van der Waals surface area contributed by atoms with Gasteiger partial charge in [0, 0.05) is 43.7 Å². The molecule has 2 aromatic heterocycles. The van der Waals surface area contributed by atoms with Crippen molar-refractivity contribution in [2.24, 2.45) is 5.10 Å². The highest BCUT2D eigenvalue weighted by molar-refractivity contribution is 7.16. The minimum absolute atomic E-state index is 0.0252. The summed E-state index contributed by atoms with van der Waals surface area (Å²) >= 11 is 2.44. The summed E-state index contributed by atoms with van der Waals surface area (Å²) in [4.78, 5) is 41.3. The van der Waals surface area contributed by atoms with Crippen molar-refractivity contribution in [2.75, 3.05) is 39.4 Å². The summed E-state index contributed by atoms with van der Waals surface area (Å²) in [6, 6.07) is 18.1. The Labute approximate surface area is 294 Å². The number of aliphatic hydroxyl groups excluding tert-OH is 2. The molecule has 0 atom stereocenters. The van der Waals surface area contributed by atoms with E-state index in [4.69, 9.17) is 10.2 Å². The Hall–Kier alpha value is -4.40. The molecule has 260 valence electrons. The van der Waals surface area contributed by atoms with E-state index in [1.807, 2.05) is 17.0 Å². The lowest BCUT2D eigenvalue weighted by Crippen LogP contribution is -2.37. The Morgan fingerprint density at radius 3 is 2.06 bits per heavy atom. The Balaban J connectivity index is 1.26. The van der Waals surface area contributed by atoms with Gasteiger partial charge in [-0.2, -0.15) is 5.10 Å². The Bertz CT molecular complexity index is 1750. The minimum atomic E-state index is -0.473. The maximum Gasteiger partial charge on any atom is 0.281 e. The average Bonchev–Trinajstić information content (AvgIpc) is 3.73. The van der Waals surface area contributed by atoms with Gasteiger partial charge in [0.15, 0.2) is 0 Å². The lowest BCUT2D eigenvalue weighted by atomic mass is 9.86. The monoisotopic (exact) mass is 705 g/mol. The molecule has 4 rings (SSSR count). The van der Waals surface area contributed by atoms with Crippen LogP contribution in [-0.2, 0) is 12.0 Å². The number of hydrazone groups is 1. The van der Waals surface area contributed by atoms with Crippen molar-refractivity contribution in [3.63, 3.8) is 0 Å². The van der Waals surface area contributed by atoms with Gasteiger partial charge in [-0.15, -0.1) is 22.7 Å². The molecule has 0 bridgehead atoms. The molecule has 0 aliphatic heterocycles. The second kappa shape index (κ2) is 17.3. The predicted molar refractivity (Wildman–Crippen MR) is 195 cm³/mol. The first-order valence-electron chi connectivity index (χ1n) is 15.9. The molecule has 6 N–H and O–H groups in total. The van der Waals surface area contributed by atoms with Gasteiger partial charge in [-0.1, -0.05) is 57.2 Å². The molecule has 49 heavy (non-hydrogen) atoms. The zero-order valence-electron chi connectivity index (χ0n) is 28.1. The number of rotatable bonds is 15. The zero-order valence-corrected chi connectivity index (χ0v) is 29.7. The van der Waals surface area contributed by atoms with E-state index in [9.17, 15) is 19.5 Å². The third-order valence-electron chi connectivity index (χ3n) is 7.76. The summed E-state index contributed by atoms with van der Waals surface area (Å²) in [5.41, 5.74) is 6.88. The normalized spacial score (nSPS) is 11.9. The predicted octanol–water partition coefficient (Wildman–Crippen LogP) is 4.58. The van der Waals surface area contributed by atoms with Gasteiger partial charge < -0.3 is 26.0 Å². The first kappa shape index (κ1) is 37.4. The largest absolute Gasteiger partial charge is 0.506 e. The number of nitrogens with one attached hydrogen (secondary N) is 3. The lowest BCUT2D eigenvalue weighted by Gasteiger charge is -2.20. The Morgan fingerprint density at radius 1 is 0.816 bits per heavy atom. The molecule has 0 radical (unpaired) electrons. The van der Waals surface area contributed by atoms with Gasteiger partial charge in [-0.25, -0.2) is 5.43 Å². The first-order chi connectivity index (χ1) is 23.4. The molecule has 0 aliphatic rings. The molecule has 2 heterocycles. The van der Waals surface area contributed by atoms with Crippen LogP contribution in [0.25, 0.3) is 10.4 Å². The molecule has 0 saturated carbocycles. The Morgan fingerprint density at radius 2 is 1.45 bits per heavy atom. The molecule has 4 aromatic rings. The fraction of sp³-hybridized carbons (Fsp3) is 0.333. The molecule has 2 aromatic carbocycles. The summed E-state index contributed by atoms with van der Waals surface area (Å²) in [6.45, 7) is 10.0. The average molecular weight is 706 g/mol. The number of carbonyl (C=O) groups excluding carboxylic acids is 3. The van der Waals surface area contributed by atoms with Crippen LogP contribution in [0.2, 0.25) is 0 Å². The van der Waals surface area contributed by atoms with E-state index in [2.05, 4.69) is 54.1 Å². The lowest BCUT2D eigenvalue weighted by molar-refractivity contribution is 0.0937. The van der Waals surface area contributed by atoms with Crippen molar-refractivity contribution in [3.8, 4) is 16.2 Å². The number of hydrogen-bond donors (Lipinski definition) is 6. The fourth-order valence-corrected chi connectivity index (χ4v) is 6.68. The van der Waals surface area contributed by atoms with E-state index in [1.54, 1.807) is 48.7 Å². The van der Waals surface area contributed by atoms with E-state index in [-0.39, 0.29) is 42.7 Å². The van der Waals surface area contributed by atoms with Crippen LogP contribution in [-0.4, -0.2) is 83.0 Å². The number of aromatic hydroxyl groups is 1. The standard InChI is InChI=1S/C36H43N5O6S2/c1-23(28-22-48-32(31(28)44)25-9-11-27(12-10-25)36(2,3)4)39-40-35(47)30-14-13-29(49-30)34(46)38-21-24-5-7-26(8-6-24)33(45)37-15-16-41(17-19-42)18-20-43/h5-14,22,42-44H,15-21H2,1-4H3,(H,37,45)(H,38,46)(H,40,47)/b39-23+. The molecule has 0 saturated heterocycles. The van der Waals surface area contributed by atoms with Crippen molar-refractivity contribution in [1.29, 1.82) is 0 Å². The number of benzene rings is 2. The van der Waals surface area contributed by atoms with Crippen molar-refractivity contribution < 1.29 is 29.7 Å². The first-order valence-corrected chi connectivity index (χ1v) is 17.6. The van der Waals surface area contributed by atoms with Crippen LogP contribution in [0.15, 0.2) is 71.1 Å². The molecular weight excluding hydrogens is 663 g/mol. The molecule has 0 aliphatic carbocycles. The second-order valence-electron chi connectivity index (χ2n) is 12.4. The molecule has 0 unspecified atom stereocenters. The maximum absolute atomic E-state index is 12.8. The highest BCUT2D eigenvalue weighted by Crippen LogP contribution is 2.39. The van der Waals surface area contributed by atoms with Gasteiger partial charge in [-0.05, 0) is 53.3 Å². The van der Waals surface area contributed by atoms with E-state index in [1.165, 1.54) is 16.9 Å². The van der Waals surface area contributed by atoms with Gasteiger partial charge >= 0.3 is 0 Å². The summed E-state index contributed by atoms with van der Waals surface area (Å²) < 4.78 is 0. The van der Waals surface area contributed by atoms with Crippen LogP contribution in [0.4, 0.5) is 0 Å². The van der Waals surface area contributed by atoms with E-state index < -0.39 is 5.91 Å². The van der Waals surface area contributed by atoms with Crippen LogP contribution in [0.5, 0.6) is 5.75 Å². The third-order valence-corrected chi connectivity index (χ3v) is 9.86. The van der Waals surface area contributed by atoms with Crippen LogP contribution in [0, 0.1) is 0 Å². The molecule has 3 amide bonds. The number of thiophene rings is 2. The molecule has 0 fully saturated rings. The number of nitrogens with zero attached hydrogens (tertiary/aromatic N) is 2. The van der Waals surface area contributed by atoms with Gasteiger partial charge in [0.25, 0.3) is 17.7 Å². The molecule has 13 heteroatoms. The quantitative estimate of drug-likeness (QED) is 0.0779. The SMILES string of the molecule is C/C(=N\NC(=O)c1ccc(C(=O)NCc2ccc(C(=O)NCCN(CCO)CCO)cc2)s1)c1csc(-c2ccc(C(C)(C)C)cc2)c1O. The van der Waals surface area contributed by atoms with E-state index >= 15 is 0 Å². The van der Waals surface area contributed by atoms with Crippen molar-refractivity contribution in [1.82, 2.24) is 21.0 Å². The number of aliphatic hydroxyl groups is 2. The fourth-order valence-electron chi connectivity index (χ4n) is 4.86. The number of carbonyl (C=O) groups is 3. The van der Waals surface area contributed by atoms with Crippen molar-refractivity contribution >= 4 is 46.1 Å². The molecular formula is C36H43N5O6S2. The van der Waals surface area contributed by atoms with Crippen LogP contribution in [0.1, 0.15) is 74.1 Å².